The molecule has 0 aromatic carbocycles. The van der Waals surface area contributed by atoms with Gasteiger partial charge in [0.1, 0.15) is 11.4 Å². The van der Waals surface area contributed by atoms with Crippen molar-refractivity contribution < 1.29 is 14.7 Å². The molecule has 0 fully saturated rings. The van der Waals surface area contributed by atoms with Gasteiger partial charge in [-0.05, 0) is 27.7 Å². The topological polar surface area (TPSA) is 84.2 Å². The smallest absolute Gasteiger partial charge is 0.328 e. The third-order valence-electron chi connectivity index (χ3n) is 2.80. The summed E-state index contributed by atoms with van der Waals surface area (Å²) < 4.78 is 1.88. The first-order valence-electron chi connectivity index (χ1n) is 5.78. The highest BCUT2D eigenvalue weighted by Crippen LogP contribution is 2.13. The molecular formula is C12H19N3O3. The lowest BCUT2D eigenvalue weighted by molar-refractivity contribution is -0.146. The summed E-state index contributed by atoms with van der Waals surface area (Å²) >= 11 is 0. The van der Waals surface area contributed by atoms with Gasteiger partial charge in [0.2, 0.25) is 5.91 Å². The molecular weight excluding hydrogens is 234 g/mol. The average molecular weight is 253 g/mol. The van der Waals surface area contributed by atoms with Crippen molar-refractivity contribution in [2.45, 2.75) is 45.7 Å². The molecule has 1 amide bonds. The highest BCUT2D eigenvalue weighted by Gasteiger charge is 2.29. The number of aliphatic carboxylic acids is 1. The van der Waals surface area contributed by atoms with Crippen LogP contribution in [0.1, 0.15) is 39.1 Å². The second-order valence-electron chi connectivity index (χ2n) is 4.91. The SMILES string of the molecule is Cc1nccn1[C@@H](C)CC(=O)NC(C)(C)C(=O)O. The van der Waals surface area contributed by atoms with Crippen LogP contribution in [0, 0.1) is 6.92 Å². The molecule has 0 aliphatic rings. The first-order valence-corrected chi connectivity index (χ1v) is 5.78. The predicted molar refractivity (Wildman–Crippen MR) is 66.1 cm³/mol. The summed E-state index contributed by atoms with van der Waals surface area (Å²) in [5, 5.41) is 11.4. The molecule has 0 bridgehead atoms. The zero-order valence-electron chi connectivity index (χ0n) is 11.1. The zero-order valence-corrected chi connectivity index (χ0v) is 11.1. The number of carboxylic acids is 1. The van der Waals surface area contributed by atoms with Gasteiger partial charge in [0, 0.05) is 24.9 Å². The minimum absolute atomic E-state index is 0.0582. The molecule has 100 valence electrons. The van der Waals surface area contributed by atoms with Gasteiger partial charge in [0.25, 0.3) is 0 Å². The third kappa shape index (κ3) is 3.32. The van der Waals surface area contributed by atoms with Crippen LogP contribution in [0.5, 0.6) is 0 Å². The van der Waals surface area contributed by atoms with Crippen molar-refractivity contribution in [3.05, 3.63) is 18.2 Å². The first kappa shape index (κ1) is 14.2. The van der Waals surface area contributed by atoms with E-state index in [4.69, 9.17) is 5.11 Å². The molecule has 1 rings (SSSR count). The molecule has 6 heteroatoms. The number of hydrogen-bond donors (Lipinski definition) is 2. The third-order valence-corrected chi connectivity index (χ3v) is 2.80. The van der Waals surface area contributed by atoms with Crippen LogP contribution in [-0.2, 0) is 9.59 Å². The molecule has 1 atom stereocenters. The lowest BCUT2D eigenvalue weighted by atomic mass is 10.1. The highest BCUT2D eigenvalue weighted by atomic mass is 16.4. The van der Waals surface area contributed by atoms with E-state index < -0.39 is 11.5 Å². The van der Waals surface area contributed by atoms with Gasteiger partial charge in [0.15, 0.2) is 0 Å². The largest absolute Gasteiger partial charge is 0.480 e. The Morgan fingerprint density at radius 2 is 2.17 bits per heavy atom. The average Bonchev–Trinajstić information content (AvgIpc) is 2.62. The number of nitrogens with one attached hydrogen (secondary N) is 1. The summed E-state index contributed by atoms with van der Waals surface area (Å²) in [6.45, 7) is 6.67. The van der Waals surface area contributed by atoms with E-state index in [0.29, 0.717) is 0 Å². The molecule has 2 N–H and O–H groups in total. The van der Waals surface area contributed by atoms with Gasteiger partial charge in [-0.15, -0.1) is 0 Å². The van der Waals surface area contributed by atoms with E-state index in [2.05, 4.69) is 10.3 Å². The molecule has 0 unspecified atom stereocenters. The van der Waals surface area contributed by atoms with Crippen molar-refractivity contribution >= 4 is 11.9 Å². The predicted octanol–water partition coefficient (Wildman–Crippen LogP) is 1.12. The Bertz CT molecular complexity index is 451. The molecule has 1 aromatic heterocycles. The summed E-state index contributed by atoms with van der Waals surface area (Å²) in [7, 11) is 0. The summed E-state index contributed by atoms with van der Waals surface area (Å²) in [4.78, 5) is 26.8. The molecule has 18 heavy (non-hydrogen) atoms. The fraction of sp³-hybridized carbons (Fsp3) is 0.583. The number of carbonyl (C=O) groups is 2. The van der Waals surface area contributed by atoms with Crippen molar-refractivity contribution in [3.63, 3.8) is 0 Å². The summed E-state index contributed by atoms with van der Waals surface area (Å²) in [5.41, 5.74) is -1.25. The van der Waals surface area contributed by atoms with Crippen molar-refractivity contribution in [1.29, 1.82) is 0 Å². The lowest BCUT2D eigenvalue weighted by Gasteiger charge is -2.22. The monoisotopic (exact) mass is 253 g/mol. The normalized spacial score (nSPS) is 13.1. The quantitative estimate of drug-likeness (QED) is 0.823. The second-order valence-corrected chi connectivity index (χ2v) is 4.91. The maximum atomic E-state index is 11.8. The Balaban J connectivity index is 2.61. The fourth-order valence-corrected chi connectivity index (χ4v) is 1.67. The molecule has 1 heterocycles. The van der Waals surface area contributed by atoms with Crippen LogP contribution in [0.2, 0.25) is 0 Å². The highest BCUT2D eigenvalue weighted by molar-refractivity contribution is 5.86. The molecule has 0 saturated heterocycles. The minimum Gasteiger partial charge on any atom is -0.480 e. The van der Waals surface area contributed by atoms with Gasteiger partial charge >= 0.3 is 5.97 Å². The maximum absolute atomic E-state index is 11.8. The second kappa shape index (κ2) is 5.20. The number of rotatable bonds is 5. The fourth-order valence-electron chi connectivity index (χ4n) is 1.67. The van der Waals surface area contributed by atoms with E-state index in [1.807, 2.05) is 18.4 Å². The molecule has 0 aliphatic heterocycles. The van der Waals surface area contributed by atoms with Gasteiger partial charge in [-0.3, -0.25) is 4.79 Å². The Hall–Kier alpha value is -1.85. The number of hydrogen-bond acceptors (Lipinski definition) is 3. The number of carboxylic acid groups (broad SMARTS) is 1. The first-order chi connectivity index (χ1) is 8.24. The summed E-state index contributed by atoms with van der Waals surface area (Å²) in [5.74, 6) is -0.516. The van der Waals surface area contributed by atoms with Crippen LogP contribution in [-0.4, -0.2) is 32.1 Å². The van der Waals surface area contributed by atoms with Crippen LogP contribution >= 0.6 is 0 Å². The molecule has 0 radical (unpaired) electrons. The van der Waals surface area contributed by atoms with Gasteiger partial charge in [-0.1, -0.05) is 0 Å². The van der Waals surface area contributed by atoms with Crippen LogP contribution < -0.4 is 5.32 Å². The standard InChI is InChI=1S/C12H19N3O3/c1-8(15-6-5-13-9(15)2)7-10(16)14-12(3,4)11(17)18/h5-6,8H,7H2,1-4H3,(H,14,16)(H,17,18)/t8-/m0/s1. The number of aryl methyl sites for hydroxylation is 1. The van der Waals surface area contributed by atoms with E-state index in [-0.39, 0.29) is 18.4 Å². The van der Waals surface area contributed by atoms with E-state index in [1.165, 1.54) is 13.8 Å². The zero-order chi connectivity index (χ0) is 13.9. The lowest BCUT2D eigenvalue weighted by Crippen LogP contribution is -2.50. The van der Waals surface area contributed by atoms with E-state index >= 15 is 0 Å². The van der Waals surface area contributed by atoms with Crippen LogP contribution in [0.4, 0.5) is 0 Å². The number of carbonyl (C=O) groups excluding carboxylic acids is 1. The van der Waals surface area contributed by atoms with Crippen molar-refractivity contribution in [2.75, 3.05) is 0 Å². The maximum Gasteiger partial charge on any atom is 0.328 e. The number of aromatic nitrogens is 2. The van der Waals surface area contributed by atoms with Gasteiger partial charge in [-0.25, -0.2) is 9.78 Å². The molecule has 0 saturated carbocycles. The van der Waals surface area contributed by atoms with Crippen molar-refractivity contribution in [3.8, 4) is 0 Å². The Labute approximate surface area is 106 Å². The molecule has 0 aliphatic carbocycles. The van der Waals surface area contributed by atoms with Crippen LogP contribution in [0.25, 0.3) is 0 Å². The molecule has 1 aromatic rings. The van der Waals surface area contributed by atoms with Crippen molar-refractivity contribution in [1.82, 2.24) is 14.9 Å². The van der Waals surface area contributed by atoms with Gasteiger partial charge in [-0.2, -0.15) is 0 Å². The number of imidazole rings is 1. The Morgan fingerprint density at radius 1 is 1.56 bits per heavy atom. The molecule has 0 spiro atoms. The van der Waals surface area contributed by atoms with Crippen molar-refractivity contribution in [2.24, 2.45) is 0 Å². The van der Waals surface area contributed by atoms with Gasteiger partial charge in [0.05, 0.1) is 0 Å². The molecule has 6 nitrogen and oxygen atoms in total. The minimum atomic E-state index is -1.25. The summed E-state index contributed by atoms with van der Waals surface area (Å²) in [6.07, 6.45) is 3.69. The van der Waals surface area contributed by atoms with Crippen LogP contribution in [0.3, 0.4) is 0 Å². The Kier molecular flexibility index (Phi) is 4.11. The van der Waals surface area contributed by atoms with E-state index in [0.717, 1.165) is 5.82 Å². The van der Waals surface area contributed by atoms with E-state index in [1.54, 1.807) is 12.4 Å². The Morgan fingerprint density at radius 3 is 2.61 bits per heavy atom. The van der Waals surface area contributed by atoms with Gasteiger partial charge < -0.3 is 15.0 Å². The van der Waals surface area contributed by atoms with E-state index in [9.17, 15) is 9.59 Å². The summed E-state index contributed by atoms with van der Waals surface area (Å²) in [6, 6.07) is -0.0582. The number of nitrogens with zero attached hydrogens (tertiary/aromatic N) is 2. The van der Waals surface area contributed by atoms with Crippen LogP contribution in [0.15, 0.2) is 12.4 Å². The number of amides is 1.